The van der Waals surface area contributed by atoms with Crippen molar-refractivity contribution in [3.8, 4) is 0 Å². The lowest BCUT2D eigenvalue weighted by atomic mass is 9.82. The van der Waals surface area contributed by atoms with Gasteiger partial charge in [-0.1, -0.05) is 41.9 Å². The van der Waals surface area contributed by atoms with Gasteiger partial charge in [-0.25, -0.2) is 23.3 Å². The average molecular weight is 691 g/mol. The molecule has 2 N–H and O–H groups in total. The van der Waals surface area contributed by atoms with Crippen LogP contribution in [0.4, 0.5) is 30.1 Å². The summed E-state index contributed by atoms with van der Waals surface area (Å²) in [6.07, 6.45) is -1.24. The van der Waals surface area contributed by atoms with Gasteiger partial charge in [-0.15, -0.1) is 0 Å². The van der Waals surface area contributed by atoms with E-state index in [1.807, 2.05) is 30.3 Å². The van der Waals surface area contributed by atoms with Gasteiger partial charge in [-0.3, -0.25) is 15.4 Å². The van der Waals surface area contributed by atoms with E-state index in [1.165, 1.54) is 23.8 Å². The minimum atomic E-state index is -1.48. The number of rotatable bonds is 5. The number of benzene rings is 3. The largest absolute Gasteiger partial charge is 0.453 e. The van der Waals surface area contributed by atoms with Gasteiger partial charge < -0.3 is 19.1 Å². The summed E-state index contributed by atoms with van der Waals surface area (Å²) in [6, 6.07) is 18.9. The number of anilines is 2. The Morgan fingerprint density at radius 3 is 2.57 bits per heavy atom. The van der Waals surface area contributed by atoms with Crippen molar-refractivity contribution in [1.82, 2.24) is 9.47 Å². The van der Waals surface area contributed by atoms with Crippen molar-refractivity contribution in [2.24, 2.45) is 0 Å². The summed E-state index contributed by atoms with van der Waals surface area (Å²) in [5.41, 5.74) is 0.0433. The second-order valence-electron chi connectivity index (χ2n) is 13.2. The summed E-state index contributed by atoms with van der Waals surface area (Å²) in [7, 11) is 1.25. The molecule has 3 aromatic carbocycles. The van der Waals surface area contributed by atoms with Crippen LogP contribution in [0.1, 0.15) is 56.4 Å². The molecule has 0 radical (unpaired) electrons. The van der Waals surface area contributed by atoms with Crippen molar-refractivity contribution in [2.45, 2.75) is 57.2 Å². The first kappa shape index (κ1) is 33.8. The third kappa shape index (κ3) is 6.78. The number of nitrogens with one attached hydrogen (secondary N) is 2. The number of piperidine rings is 1. The van der Waals surface area contributed by atoms with E-state index in [1.54, 1.807) is 49.9 Å². The van der Waals surface area contributed by atoms with Crippen LogP contribution in [0.3, 0.4) is 0 Å². The van der Waals surface area contributed by atoms with Gasteiger partial charge in [-0.05, 0) is 82.0 Å². The number of nitrogens with zero attached hydrogens (tertiary/aromatic N) is 2. The molecule has 256 valence electrons. The summed E-state index contributed by atoms with van der Waals surface area (Å²) < 4.78 is 33.4. The monoisotopic (exact) mass is 690 g/mol. The smallest absolute Gasteiger partial charge is 0.419 e. The van der Waals surface area contributed by atoms with E-state index >= 15 is 4.39 Å². The Hall–Kier alpha value is -5.10. The number of amides is 3. The number of hydrogen-bond donors (Lipinski definition) is 2. The molecule has 49 heavy (non-hydrogen) atoms. The molecule has 0 saturated carbocycles. The van der Waals surface area contributed by atoms with Crippen LogP contribution in [-0.4, -0.2) is 59.5 Å². The minimum absolute atomic E-state index is 0.0882. The molecule has 2 aliphatic rings. The lowest BCUT2D eigenvalue weighted by molar-refractivity contribution is -0.141. The number of halogens is 2. The molecule has 2 aliphatic heterocycles. The van der Waals surface area contributed by atoms with Crippen molar-refractivity contribution < 1.29 is 37.8 Å². The Balaban J connectivity index is 1.47. The third-order valence-corrected chi connectivity index (χ3v) is 8.91. The van der Waals surface area contributed by atoms with Crippen molar-refractivity contribution in [1.29, 1.82) is 0 Å². The molecule has 1 fully saturated rings. The van der Waals surface area contributed by atoms with Crippen LogP contribution < -0.4 is 10.6 Å². The van der Waals surface area contributed by atoms with Gasteiger partial charge in [0, 0.05) is 23.3 Å². The van der Waals surface area contributed by atoms with Crippen LogP contribution in [0.2, 0.25) is 5.02 Å². The van der Waals surface area contributed by atoms with Crippen LogP contribution >= 0.6 is 11.6 Å². The SMILES string of the molecule is COC(=O)Nc1ccc2c(c1)cc(C(Cc1ccccc1)C(=O)N1CCC[C@@]3(C1)OC(=O)Nc1ccc(Cl)c(F)c13)n2C(=O)OC(C)(C)C. The van der Waals surface area contributed by atoms with E-state index in [9.17, 15) is 19.2 Å². The van der Waals surface area contributed by atoms with Crippen molar-refractivity contribution in [2.75, 3.05) is 30.8 Å². The third-order valence-electron chi connectivity index (χ3n) is 8.62. The zero-order valence-corrected chi connectivity index (χ0v) is 28.2. The highest BCUT2D eigenvalue weighted by atomic mass is 35.5. The molecule has 0 bridgehead atoms. The normalized spacial score (nSPS) is 17.9. The maximum Gasteiger partial charge on any atom is 0.419 e. The molecule has 1 aromatic heterocycles. The summed E-state index contributed by atoms with van der Waals surface area (Å²) in [5.74, 6) is -2.02. The van der Waals surface area contributed by atoms with Gasteiger partial charge in [0.05, 0.1) is 41.4 Å². The number of methoxy groups -OCH3 is 1. The van der Waals surface area contributed by atoms with Crippen molar-refractivity contribution >= 4 is 58.1 Å². The summed E-state index contributed by atoms with van der Waals surface area (Å²) in [4.78, 5) is 55.0. The number of carbonyl (C=O) groups is 4. The molecule has 0 aliphatic carbocycles. The number of likely N-dealkylation sites (tertiary alicyclic amines) is 1. The Kier molecular flexibility index (Phi) is 9.02. The van der Waals surface area contributed by atoms with E-state index < -0.39 is 41.2 Å². The number of aromatic nitrogens is 1. The molecule has 1 saturated heterocycles. The van der Waals surface area contributed by atoms with E-state index in [0.717, 1.165) is 5.56 Å². The predicted octanol–water partition coefficient (Wildman–Crippen LogP) is 7.80. The van der Waals surface area contributed by atoms with Gasteiger partial charge in [0.2, 0.25) is 5.91 Å². The fourth-order valence-electron chi connectivity index (χ4n) is 6.60. The second-order valence-corrected chi connectivity index (χ2v) is 13.6. The molecule has 1 spiro atoms. The van der Waals surface area contributed by atoms with E-state index in [0.29, 0.717) is 35.2 Å². The highest BCUT2D eigenvalue weighted by Gasteiger charge is 2.49. The Labute approximate surface area is 287 Å². The lowest BCUT2D eigenvalue weighted by Gasteiger charge is -2.45. The molecular formula is C36H36ClFN4O7. The quantitative estimate of drug-likeness (QED) is 0.205. The number of carbonyl (C=O) groups excluding carboxylic acids is 4. The maximum absolute atomic E-state index is 15.7. The van der Waals surface area contributed by atoms with Gasteiger partial charge in [0.1, 0.15) is 5.60 Å². The van der Waals surface area contributed by atoms with Crippen LogP contribution in [-0.2, 0) is 31.0 Å². The fourth-order valence-corrected chi connectivity index (χ4v) is 6.76. The number of fused-ring (bicyclic) bond motifs is 3. The maximum atomic E-state index is 15.7. The molecule has 6 rings (SSSR count). The lowest BCUT2D eigenvalue weighted by Crippen LogP contribution is -2.54. The fraction of sp³-hybridized carbons (Fsp3) is 0.333. The summed E-state index contributed by atoms with van der Waals surface area (Å²) >= 11 is 6.18. The average Bonchev–Trinajstić information content (AvgIpc) is 3.43. The first-order valence-corrected chi connectivity index (χ1v) is 16.2. The van der Waals surface area contributed by atoms with Gasteiger partial charge in [-0.2, -0.15) is 0 Å². The van der Waals surface area contributed by atoms with Crippen LogP contribution in [0.5, 0.6) is 0 Å². The van der Waals surface area contributed by atoms with E-state index in [2.05, 4.69) is 10.6 Å². The van der Waals surface area contributed by atoms with E-state index in [4.69, 9.17) is 25.8 Å². The van der Waals surface area contributed by atoms with E-state index in [-0.39, 0.29) is 41.6 Å². The second kappa shape index (κ2) is 13.1. The van der Waals surface area contributed by atoms with Gasteiger partial charge in [0.25, 0.3) is 0 Å². The van der Waals surface area contributed by atoms with Gasteiger partial charge >= 0.3 is 18.3 Å². The first-order valence-electron chi connectivity index (χ1n) is 15.8. The molecular weight excluding hydrogens is 655 g/mol. The summed E-state index contributed by atoms with van der Waals surface area (Å²) in [5, 5.41) is 5.60. The number of ether oxygens (including phenoxy) is 3. The Morgan fingerprint density at radius 1 is 1.10 bits per heavy atom. The van der Waals surface area contributed by atoms with Gasteiger partial charge in [0.15, 0.2) is 11.4 Å². The highest BCUT2D eigenvalue weighted by molar-refractivity contribution is 6.31. The Bertz CT molecular complexity index is 1960. The van der Waals surface area contributed by atoms with Crippen molar-refractivity contribution in [3.63, 3.8) is 0 Å². The van der Waals surface area contributed by atoms with Crippen LogP contribution in [0.25, 0.3) is 10.9 Å². The molecule has 2 atom stereocenters. The molecule has 3 heterocycles. The molecule has 11 nitrogen and oxygen atoms in total. The van der Waals surface area contributed by atoms with Crippen LogP contribution in [0, 0.1) is 5.82 Å². The molecule has 3 amide bonds. The standard InChI is InChI=1S/C36H36ClFN4O7/c1-35(2,3)49-34(46)42-27-14-11-23(39-32(44)47-4)18-22(27)19-28(42)24(17-21-9-6-5-7-10-21)31(43)41-16-8-15-36(20-41)29-26(40-33(45)48-36)13-12-25(37)30(29)38/h5-7,9-14,18-19,24H,8,15-17,20H2,1-4H3,(H,39,44)(H,40,45)/t24?,36-/m0/s1. The topological polar surface area (TPSA) is 128 Å². The highest BCUT2D eigenvalue weighted by Crippen LogP contribution is 2.46. The number of hydrogen-bond acceptors (Lipinski definition) is 7. The zero-order chi connectivity index (χ0) is 35.1. The van der Waals surface area contributed by atoms with Crippen molar-refractivity contribution in [3.05, 3.63) is 94.4 Å². The zero-order valence-electron chi connectivity index (χ0n) is 27.5. The minimum Gasteiger partial charge on any atom is -0.453 e. The molecule has 13 heteroatoms. The predicted molar refractivity (Wildman–Crippen MR) is 181 cm³/mol. The molecule has 4 aromatic rings. The Morgan fingerprint density at radius 2 is 1.86 bits per heavy atom. The first-order chi connectivity index (χ1) is 23.3. The summed E-state index contributed by atoms with van der Waals surface area (Å²) in [6.45, 7) is 5.41. The van der Waals surface area contributed by atoms with Crippen LogP contribution in [0.15, 0.2) is 66.7 Å². The molecule has 1 unspecified atom stereocenters.